The lowest BCUT2D eigenvalue weighted by Crippen LogP contribution is -2.21. The number of hydrazone groups is 1. The molecule has 1 aromatic heterocycles. The number of ether oxygens (including phenoxy) is 2. The molecule has 0 bridgehead atoms. The van der Waals surface area contributed by atoms with E-state index in [1.54, 1.807) is 20.4 Å². The van der Waals surface area contributed by atoms with Gasteiger partial charge in [-0.25, -0.2) is 4.98 Å². The number of nitrogens with one attached hydrogen (secondary N) is 1. The lowest BCUT2D eigenvalue weighted by Gasteiger charge is -2.22. The molecule has 7 heteroatoms. The third-order valence-electron chi connectivity index (χ3n) is 4.36. The minimum Gasteiger partial charge on any atom is -0.496 e. The molecule has 0 aliphatic heterocycles. The number of aromatic nitrogens is 1. The molecule has 7 nitrogen and oxygen atoms in total. The fourth-order valence-electron chi connectivity index (χ4n) is 2.97. The van der Waals surface area contributed by atoms with Crippen molar-refractivity contribution in [2.24, 2.45) is 5.10 Å². The molecule has 148 valence electrons. The highest BCUT2D eigenvalue weighted by molar-refractivity contribution is 5.85. The summed E-state index contributed by atoms with van der Waals surface area (Å²) < 4.78 is 10.7. The average Bonchev–Trinajstić information content (AvgIpc) is 2.69. The highest BCUT2D eigenvalue weighted by Gasteiger charge is 2.11. The van der Waals surface area contributed by atoms with Crippen LogP contribution in [0.5, 0.6) is 5.75 Å². The Morgan fingerprint density at radius 3 is 2.61 bits per heavy atom. The van der Waals surface area contributed by atoms with Gasteiger partial charge in [-0.1, -0.05) is 0 Å². The maximum Gasteiger partial charge on any atom is 0.164 e. The zero-order valence-electron chi connectivity index (χ0n) is 17.1. The summed E-state index contributed by atoms with van der Waals surface area (Å²) in [4.78, 5) is 6.62. The Kier molecular flexibility index (Phi) is 7.78. The number of aryl methyl sites for hydroxylation is 1. The van der Waals surface area contributed by atoms with Crippen LogP contribution >= 0.6 is 0 Å². The first kappa shape index (κ1) is 21.2. The first-order valence-electron chi connectivity index (χ1n) is 9.19. The van der Waals surface area contributed by atoms with E-state index in [1.165, 1.54) is 0 Å². The maximum atomic E-state index is 9.48. The fourth-order valence-corrected chi connectivity index (χ4v) is 2.97. The highest BCUT2D eigenvalue weighted by Crippen LogP contribution is 2.25. The summed E-state index contributed by atoms with van der Waals surface area (Å²) in [6.07, 6.45) is 1.66. The predicted octanol–water partition coefficient (Wildman–Crippen LogP) is 3.71. The predicted molar refractivity (Wildman–Crippen MR) is 112 cm³/mol. The lowest BCUT2D eigenvalue weighted by molar-refractivity contribution is 0.184. The minimum atomic E-state index is 0.339. The molecule has 1 heterocycles. The second-order valence-corrected chi connectivity index (χ2v) is 6.16. The summed E-state index contributed by atoms with van der Waals surface area (Å²) in [6, 6.07) is 10.0. The Hall–Kier alpha value is -3.11. The van der Waals surface area contributed by atoms with Crippen LogP contribution in [-0.4, -0.2) is 38.5 Å². The van der Waals surface area contributed by atoms with E-state index in [4.69, 9.17) is 9.47 Å². The summed E-state index contributed by atoms with van der Waals surface area (Å²) in [6.45, 7) is 8.29. The van der Waals surface area contributed by atoms with E-state index in [2.05, 4.69) is 40.3 Å². The van der Waals surface area contributed by atoms with Crippen LogP contribution in [0.15, 0.2) is 29.4 Å². The van der Waals surface area contributed by atoms with E-state index in [9.17, 15) is 5.26 Å². The van der Waals surface area contributed by atoms with Gasteiger partial charge in [0.05, 0.1) is 19.9 Å². The van der Waals surface area contributed by atoms with E-state index >= 15 is 0 Å². The van der Waals surface area contributed by atoms with E-state index in [0.717, 1.165) is 41.3 Å². The molecule has 2 aromatic rings. The van der Waals surface area contributed by atoms with Crippen molar-refractivity contribution >= 4 is 17.7 Å². The van der Waals surface area contributed by atoms with Crippen molar-refractivity contribution < 1.29 is 9.47 Å². The van der Waals surface area contributed by atoms with Gasteiger partial charge >= 0.3 is 0 Å². The van der Waals surface area contributed by atoms with Gasteiger partial charge in [-0.2, -0.15) is 10.4 Å². The van der Waals surface area contributed by atoms with Crippen LogP contribution < -0.4 is 15.1 Å². The molecule has 0 unspecified atom stereocenters. The van der Waals surface area contributed by atoms with Gasteiger partial charge in [-0.15, -0.1) is 0 Å². The van der Waals surface area contributed by atoms with Crippen LogP contribution in [0.2, 0.25) is 0 Å². The molecule has 28 heavy (non-hydrogen) atoms. The van der Waals surface area contributed by atoms with Crippen LogP contribution in [-0.2, 0) is 11.3 Å². The number of hydrogen-bond donors (Lipinski definition) is 1. The van der Waals surface area contributed by atoms with Crippen molar-refractivity contribution in [2.45, 2.75) is 27.4 Å². The first-order chi connectivity index (χ1) is 13.6. The van der Waals surface area contributed by atoms with Crippen LogP contribution in [0.25, 0.3) is 0 Å². The number of nitriles is 1. The summed E-state index contributed by atoms with van der Waals surface area (Å²) in [5.41, 5.74) is 6.79. The van der Waals surface area contributed by atoms with Crippen LogP contribution in [0.4, 0.5) is 11.5 Å². The second kappa shape index (κ2) is 10.3. The number of benzene rings is 1. The summed E-state index contributed by atoms with van der Waals surface area (Å²) >= 11 is 0. The summed E-state index contributed by atoms with van der Waals surface area (Å²) in [5, 5.41) is 13.7. The van der Waals surface area contributed by atoms with Crippen molar-refractivity contribution in [1.29, 1.82) is 5.26 Å². The molecule has 2 rings (SSSR count). The summed E-state index contributed by atoms with van der Waals surface area (Å²) in [5.74, 6) is 1.14. The molecule has 1 N–H and O–H groups in total. The topological polar surface area (TPSA) is 82.8 Å². The number of pyridine rings is 1. The number of anilines is 2. The molecule has 0 atom stereocenters. The fraction of sp³-hybridized carbons (Fsp3) is 0.381. The molecule has 0 amide bonds. The van der Waals surface area contributed by atoms with Crippen molar-refractivity contribution in [3.8, 4) is 11.8 Å². The third-order valence-corrected chi connectivity index (χ3v) is 4.36. The Labute approximate surface area is 166 Å². The molecule has 0 saturated heterocycles. The van der Waals surface area contributed by atoms with Crippen molar-refractivity contribution in [2.75, 3.05) is 37.6 Å². The number of methoxy groups -OCH3 is 2. The Bertz CT molecular complexity index is 870. The second-order valence-electron chi connectivity index (χ2n) is 6.16. The normalized spacial score (nSPS) is 10.7. The zero-order chi connectivity index (χ0) is 20.5. The average molecular weight is 381 g/mol. The molecular formula is C21H27N5O2. The molecule has 1 aromatic carbocycles. The van der Waals surface area contributed by atoms with E-state index in [1.807, 2.05) is 31.2 Å². The number of rotatable bonds is 9. The summed E-state index contributed by atoms with van der Waals surface area (Å²) in [7, 11) is 3.23. The van der Waals surface area contributed by atoms with Crippen molar-refractivity contribution in [3.05, 3.63) is 46.6 Å². The van der Waals surface area contributed by atoms with Gasteiger partial charge in [-0.3, -0.25) is 5.43 Å². The van der Waals surface area contributed by atoms with Crippen molar-refractivity contribution in [1.82, 2.24) is 4.98 Å². The van der Waals surface area contributed by atoms with E-state index in [-0.39, 0.29) is 0 Å². The van der Waals surface area contributed by atoms with Gasteiger partial charge in [0, 0.05) is 48.8 Å². The monoisotopic (exact) mass is 381 g/mol. The molecule has 0 aliphatic rings. The minimum absolute atomic E-state index is 0.339. The lowest BCUT2D eigenvalue weighted by atomic mass is 10.1. The Balaban J connectivity index is 2.27. The number of hydrogen-bond acceptors (Lipinski definition) is 7. The third kappa shape index (κ3) is 4.99. The number of nitrogens with zero attached hydrogens (tertiary/aromatic N) is 4. The quantitative estimate of drug-likeness (QED) is 0.527. The van der Waals surface area contributed by atoms with Crippen LogP contribution in [0.3, 0.4) is 0 Å². The largest absolute Gasteiger partial charge is 0.496 e. The molecular weight excluding hydrogens is 354 g/mol. The molecule has 0 saturated carbocycles. The van der Waals surface area contributed by atoms with Gasteiger partial charge < -0.3 is 14.4 Å². The molecule has 0 aliphatic carbocycles. The Morgan fingerprint density at radius 2 is 2.00 bits per heavy atom. The van der Waals surface area contributed by atoms with Crippen LogP contribution in [0.1, 0.15) is 36.2 Å². The molecule has 0 spiro atoms. The highest BCUT2D eigenvalue weighted by atomic mass is 16.5. The zero-order valence-corrected chi connectivity index (χ0v) is 17.1. The molecule has 0 fully saturated rings. The molecule has 0 radical (unpaired) electrons. The van der Waals surface area contributed by atoms with Crippen LogP contribution in [0, 0.1) is 18.3 Å². The van der Waals surface area contributed by atoms with Gasteiger partial charge in [0.25, 0.3) is 0 Å². The van der Waals surface area contributed by atoms with E-state index < -0.39 is 0 Å². The standard InChI is InChI=1S/C21H27N5O2/c1-6-26(7-2)18-9-8-16(20(11-18)28-5)13-23-25-21-19(12-22)17(14-27-4)10-15(3)24-21/h8-11,13H,6-7,14H2,1-5H3,(H,24,25)/b23-13-. The van der Waals surface area contributed by atoms with E-state index in [0.29, 0.717) is 18.0 Å². The van der Waals surface area contributed by atoms with Gasteiger partial charge in [0.2, 0.25) is 0 Å². The maximum absolute atomic E-state index is 9.48. The van der Waals surface area contributed by atoms with Gasteiger partial charge in [0.15, 0.2) is 5.82 Å². The Morgan fingerprint density at radius 1 is 1.25 bits per heavy atom. The van der Waals surface area contributed by atoms with Gasteiger partial charge in [0.1, 0.15) is 17.4 Å². The van der Waals surface area contributed by atoms with Gasteiger partial charge in [-0.05, 0) is 39.0 Å². The SMILES string of the molecule is CCN(CC)c1ccc(/C=N\Nc2nc(C)cc(COC)c2C#N)c(OC)c1. The first-order valence-corrected chi connectivity index (χ1v) is 9.19. The smallest absolute Gasteiger partial charge is 0.164 e. The van der Waals surface area contributed by atoms with Crippen molar-refractivity contribution in [3.63, 3.8) is 0 Å².